The molecule has 1 N–H and O–H groups in total. The monoisotopic (exact) mass is 370 g/mol. The number of hydrogen-bond acceptors (Lipinski definition) is 3. The Kier molecular flexibility index (Phi) is 4.12. The van der Waals surface area contributed by atoms with Crippen molar-refractivity contribution in [1.29, 1.82) is 0 Å². The average Bonchev–Trinajstić information content (AvgIpc) is 3.18. The van der Waals surface area contributed by atoms with Gasteiger partial charge in [-0.15, -0.1) is 0 Å². The molecule has 4 rings (SSSR count). The van der Waals surface area contributed by atoms with Gasteiger partial charge in [0, 0.05) is 24.2 Å². The molecule has 1 saturated carbocycles. The molecule has 2 fully saturated rings. The van der Waals surface area contributed by atoms with Crippen molar-refractivity contribution in [3.63, 3.8) is 0 Å². The molecule has 2 aromatic rings. The summed E-state index contributed by atoms with van der Waals surface area (Å²) in [4.78, 5) is 2.68. The van der Waals surface area contributed by atoms with Crippen molar-refractivity contribution in [3.8, 4) is 0 Å². The molecule has 5 heteroatoms. The number of rotatable bonds is 5. The SMILES string of the molecule is CC(C)c1ccc(S(=O)(=O)Nc2ccc([C@@]34C[C@@H]3CN(C)C4)cc2)cc1. The van der Waals surface area contributed by atoms with Gasteiger partial charge in [-0.05, 0) is 60.7 Å². The van der Waals surface area contributed by atoms with Gasteiger partial charge < -0.3 is 4.90 Å². The van der Waals surface area contributed by atoms with Crippen molar-refractivity contribution in [2.24, 2.45) is 5.92 Å². The maximum absolute atomic E-state index is 12.6. The fraction of sp³-hybridized carbons (Fsp3) is 0.429. The second-order valence-electron chi connectivity index (χ2n) is 8.16. The Hall–Kier alpha value is -1.85. The van der Waals surface area contributed by atoms with Crippen LogP contribution in [0.4, 0.5) is 5.69 Å². The summed E-state index contributed by atoms with van der Waals surface area (Å²) in [5.41, 5.74) is 3.38. The number of nitrogens with zero attached hydrogens (tertiary/aromatic N) is 1. The number of hydrogen-bond donors (Lipinski definition) is 1. The van der Waals surface area contributed by atoms with E-state index in [2.05, 4.69) is 42.6 Å². The molecule has 1 aliphatic carbocycles. The van der Waals surface area contributed by atoms with E-state index in [1.54, 1.807) is 12.1 Å². The minimum atomic E-state index is -3.56. The minimum Gasteiger partial charge on any atom is -0.305 e. The summed E-state index contributed by atoms with van der Waals surface area (Å²) in [5, 5.41) is 0. The molecule has 4 nitrogen and oxygen atoms in total. The van der Waals surface area contributed by atoms with Crippen LogP contribution in [0.1, 0.15) is 37.3 Å². The molecule has 2 aliphatic rings. The molecule has 138 valence electrons. The van der Waals surface area contributed by atoms with Crippen molar-refractivity contribution in [2.75, 3.05) is 24.9 Å². The second kappa shape index (κ2) is 6.10. The summed E-state index contributed by atoms with van der Waals surface area (Å²) >= 11 is 0. The van der Waals surface area contributed by atoms with Gasteiger partial charge in [0.2, 0.25) is 0 Å². The number of sulfonamides is 1. The summed E-state index contributed by atoms with van der Waals surface area (Å²) in [6, 6.07) is 15.0. The maximum Gasteiger partial charge on any atom is 0.261 e. The number of likely N-dealkylation sites (tertiary alicyclic amines) is 1. The smallest absolute Gasteiger partial charge is 0.261 e. The third-order valence-corrected chi connectivity index (χ3v) is 7.28. The Balaban J connectivity index is 1.50. The number of fused-ring (bicyclic) bond motifs is 1. The van der Waals surface area contributed by atoms with Gasteiger partial charge >= 0.3 is 0 Å². The normalized spacial score (nSPS) is 25.3. The van der Waals surface area contributed by atoms with Crippen molar-refractivity contribution < 1.29 is 8.42 Å². The molecule has 1 heterocycles. The van der Waals surface area contributed by atoms with Crippen LogP contribution in [0.15, 0.2) is 53.4 Å². The number of likely N-dealkylation sites (N-methyl/N-ethyl adjacent to an activating group) is 1. The van der Waals surface area contributed by atoms with Crippen LogP contribution < -0.4 is 4.72 Å². The first-order valence-corrected chi connectivity index (χ1v) is 10.7. The van der Waals surface area contributed by atoms with Crippen LogP contribution in [0, 0.1) is 5.92 Å². The van der Waals surface area contributed by atoms with Gasteiger partial charge in [-0.2, -0.15) is 0 Å². The van der Waals surface area contributed by atoms with Crippen molar-refractivity contribution in [2.45, 2.75) is 36.5 Å². The molecule has 0 aromatic heterocycles. The molecule has 2 aromatic carbocycles. The number of nitrogens with one attached hydrogen (secondary N) is 1. The number of piperidine rings is 1. The summed E-state index contributed by atoms with van der Waals surface area (Å²) in [6.45, 7) is 6.45. The van der Waals surface area contributed by atoms with Gasteiger partial charge in [0.25, 0.3) is 10.0 Å². The van der Waals surface area contributed by atoms with Crippen LogP contribution in [-0.4, -0.2) is 33.5 Å². The quantitative estimate of drug-likeness (QED) is 0.871. The summed E-state index contributed by atoms with van der Waals surface area (Å²) in [7, 11) is -1.39. The highest BCUT2D eigenvalue weighted by Gasteiger charge is 2.59. The molecular formula is C21H26N2O2S. The van der Waals surface area contributed by atoms with Gasteiger partial charge in [-0.3, -0.25) is 4.72 Å². The Labute approximate surface area is 156 Å². The first-order valence-electron chi connectivity index (χ1n) is 9.22. The van der Waals surface area contributed by atoms with E-state index in [4.69, 9.17) is 0 Å². The topological polar surface area (TPSA) is 49.4 Å². The lowest BCUT2D eigenvalue weighted by molar-refractivity contribution is 0.363. The van der Waals surface area contributed by atoms with E-state index in [0.29, 0.717) is 21.9 Å². The Morgan fingerprint density at radius 1 is 1.08 bits per heavy atom. The zero-order chi connectivity index (χ0) is 18.5. The standard InChI is InChI=1S/C21H26N2O2S/c1-15(2)16-4-10-20(11-5-16)26(24,25)22-19-8-6-17(7-9-19)21-12-18(21)13-23(3)14-21/h4-11,15,18,22H,12-14H2,1-3H3/t18-,21+/m1/s1. The highest BCUT2D eigenvalue weighted by molar-refractivity contribution is 7.92. The lowest BCUT2D eigenvalue weighted by Gasteiger charge is -2.17. The van der Waals surface area contributed by atoms with Crippen molar-refractivity contribution in [3.05, 3.63) is 59.7 Å². The molecule has 0 amide bonds. The van der Waals surface area contributed by atoms with Crippen LogP contribution in [0.25, 0.3) is 0 Å². The third-order valence-electron chi connectivity index (χ3n) is 5.89. The molecular weight excluding hydrogens is 344 g/mol. The van der Waals surface area contributed by atoms with E-state index in [1.807, 2.05) is 24.3 Å². The highest BCUT2D eigenvalue weighted by Crippen LogP contribution is 2.58. The zero-order valence-electron chi connectivity index (χ0n) is 15.6. The lowest BCUT2D eigenvalue weighted by atomic mass is 9.95. The van der Waals surface area contributed by atoms with Gasteiger partial charge in [-0.25, -0.2) is 8.42 Å². The van der Waals surface area contributed by atoms with Crippen LogP contribution in [0.5, 0.6) is 0 Å². The predicted octanol–water partition coefficient (Wildman–Crippen LogP) is 3.81. The van der Waals surface area contributed by atoms with E-state index >= 15 is 0 Å². The van der Waals surface area contributed by atoms with Gasteiger partial charge in [0.05, 0.1) is 4.90 Å². The van der Waals surface area contributed by atoms with Crippen LogP contribution in [-0.2, 0) is 15.4 Å². The molecule has 26 heavy (non-hydrogen) atoms. The summed E-state index contributed by atoms with van der Waals surface area (Å²) in [6.07, 6.45) is 1.25. The van der Waals surface area contributed by atoms with Gasteiger partial charge in [-0.1, -0.05) is 38.1 Å². The predicted molar refractivity (Wildman–Crippen MR) is 105 cm³/mol. The fourth-order valence-corrected chi connectivity index (χ4v) is 5.36. The van der Waals surface area contributed by atoms with Crippen LogP contribution >= 0.6 is 0 Å². The molecule has 0 spiro atoms. The Morgan fingerprint density at radius 3 is 2.27 bits per heavy atom. The zero-order valence-corrected chi connectivity index (χ0v) is 16.4. The molecule has 0 radical (unpaired) electrons. The maximum atomic E-state index is 12.6. The largest absolute Gasteiger partial charge is 0.305 e. The van der Waals surface area contributed by atoms with Crippen LogP contribution in [0.3, 0.4) is 0 Å². The van der Waals surface area contributed by atoms with Gasteiger partial charge in [0.1, 0.15) is 0 Å². The molecule has 2 atom stereocenters. The van der Waals surface area contributed by atoms with E-state index in [-0.39, 0.29) is 0 Å². The van der Waals surface area contributed by atoms with E-state index in [0.717, 1.165) is 18.0 Å². The second-order valence-corrected chi connectivity index (χ2v) is 9.84. The van der Waals surface area contributed by atoms with Gasteiger partial charge in [0.15, 0.2) is 0 Å². The summed E-state index contributed by atoms with van der Waals surface area (Å²) in [5.74, 6) is 1.14. The average molecular weight is 371 g/mol. The molecule has 0 bridgehead atoms. The number of benzene rings is 2. The number of anilines is 1. The first-order chi connectivity index (χ1) is 12.3. The molecule has 1 aliphatic heterocycles. The van der Waals surface area contributed by atoms with E-state index < -0.39 is 10.0 Å². The molecule has 1 saturated heterocycles. The molecule has 0 unspecified atom stereocenters. The van der Waals surface area contributed by atoms with Crippen LogP contribution in [0.2, 0.25) is 0 Å². The summed E-state index contributed by atoms with van der Waals surface area (Å²) < 4.78 is 27.9. The first kappa shape index (κ1) is 17.6. The third kappa shape index (κ3) is 3.03. The van der Waals surface area contributed by atoms with E-state index in [9.17, 15) is 8.42 Å². The van der Waals surface area contributed by atoms with E-state index in [1.165, 1.54) is 18.5 Å². The Morgan fingerprint density at radius 2 is 1.73 bits per heavy atom. The lowest BCUT2D eigenvalue weighted by Crippen LogP contribution is -2.22. The fourth-order valence-electron chi connectivity index (χ4n) is 4.30. The highest BCUT2D eigenvalue weighted by atomic mass is 32.2. The van der Waals surface area contributed by atoms with Crippen molar-refractivity contribution in [1.82, 2.24) is 4.90 Å². The Bertz CT molecular complexity index is 904. The van der Waals surface area contributed by atoms with Crippen molar-refractivity contribution >= 4 is 15.7 Å². The minimum absolute atomic E-state index is 0.296.